The van der Waals surface area contributed by atoms with Crippen molar-refractivity contribution in [3.8, 4) is 0 Å². The van der Waals surface area contributed by atoms with E-state index in [1.165, 1.54) is 0 Å². The highest BCUT2D eigenvalue weighted by atomic mass is 16.4. The zero-order valence-electron chi connectivity index (χ0n) is 7.66. The average molecular weight is 183 g/mol. The monoisotopic (exact) mass is 183 g/mol. The van der Waals surface area contributed by atoms with Gasteiger partial charge in [0.1, 0.15) is 0 Å². The van der Waals surface area contributed by atoms with Crippen molar-refractivity contribution in [1.82, 2.24) is 10.2 Å². The Kier molecular flexibility index (Phi) is 2.67. The van der Waals surface area contributed by atoms with Gasteiger partial charge in [-0.25, -0.2) is 0 Å². The number of H-pyrrole nitrogens is 1. The van der Waals surface area contributed by atoms with Crippen LogP contribution in [0.2, 0.25) is 0 Å². The molecule has 0 aliphatic heterocycles. The molecule has 0 saturated heterocycles. The highest BCUT2D eigenvalue weighted by Gasteiger charge is 2.23. The van der Waals surface area contributed by atoms with Crippen molar-refractivity contribution >= 4 is 5.97 Å². The number of aryl methyl sites for hydroxylation is 2. The van der Waals surface area contributed by atoms with E-state index in [2.05, 4.69) is 10.2 Å². The number of carboxylic acids is 1. The van der Waals surface area contributed by atoms with Gasteiger partial charge in [0.25, 0.3) is 0 Å². The molecule has 72 valence electrons. The predicted octanol–water partition coefficient (Wildman–Crippen LogP) is 0.153. The summed E-state index contributed by atoms with van der Waals surface area (Å²) in [7, 11) is 0. The molecule has 1 unspecified atom stereocenters. The maximum absolute atomic E-state index is 10.8. The Balaban J connectivity index is 3.10. The molecule has 0 amide bonds. The van der Waals surface area contributed by atoms with Crippen LogP contribution in [0.25, 0.3) is 0 Å². The van der Waals surface area contributed by atoms with Gasteiger partial charge in [-0.15, -0.1) is 0 Å². The zero-order chi connectivity index (χ0) is 10.0. The summed E-state index contributed by atoms with van der Waals surface area (Å²) in [4.78, 5) is 10.8. The Hall–Kier alpha value is -1.36. The van der Waals surface area contributed by atoms with Crippen LogP contribution >= 0.6 is 0 Å². The summed E-state index contributed by atoms with van der Waals surface area (Å²) in [5.41, 5.74) is 7.56. The van der Waals surface area contributed by atoms with Crippen molar-refractivity contribution in [1.29, 1.82) is 0 Å². The van der Waals surface area contributed by atoms with Gasteiger partial charge in [-0.3, -0.25) is 9.89 Å². The Morgan fingerprint density at radius 3 is 2.62 bits per heavy atom. The van der Waals surface area contributed by atoms with Crippen LogP contribution in [0.3, 0.4) is 0 Å². The van der Waals surface area contributed by atoms with Crippen molar-refractivity contribution in [3.05, 3.63) is 17.0 Å². The molecule has 0 aromatic carbocycles. The topological polar surface area (TPSA) is 92.0 Å². The molecule has 0 aliphatic carbocycles. The number of nitrogens with zero attached hydrogens (tertiary/aromatic N) is 1. The quantitative estimate of drug-likeness (QED) is 0.622. The van der Waals surface area contributed by atoms with E-state index in [1.807, 2.05) is 0 Å². The van der Waals surface area contributed by atoms with Crippen LogP contribution in [0.15, 0.2) is 0 Å². The highest BCUT2D eigenvalue weighted by Crippen LogP contribution is 2.20. The molecule has 1 aromatic rings. The molecule has 4 N–H and O–H groups in total. The second-order valence-corrected chi connectivity index (χ2v) is 2.97. The van der Waals surface area contributed by atoms with E-state index in [-0.39, 0.29) is 6.54 Å². The van der Waals surface area contributed by atoms with Crippen molar-refractivity contribution < 1.29 is 9.90 Å². The Morgan fingerprint density at radius 2 is 2.31 bits per heavy atom. The molecule has 13 heavy (non-hydrogen) atoms. The summed E-state index contributed by atoms with van der Waals surface area (Å²) in [5, 5.41) is 15.5. The summed E-state index contributed by atoms with van der Waals surface area (Å²) in [6.07, 6.45) is 0. The van der Waals surface area contributed by atoms with Crippen molar-refractivity contribution in [2.75, 3.05) is 6.54 Å². The largest absolute Gasteiger partial charge is 0.481 e. The van der Waals surface area contributed by atoms with Gasteiger partial charge in [-0.05, 0) is 13.8 Å². The normalized spacial score (nSPS) is 12.8. The molecule has 0 radical (unpaired) electrons. The summed E-state index contributed by atoms with van der Waals surface area (Å²) < 4.78 is 0. The van der Waals surface area contributed by atoms with E-state index in [0.29, 0.717) is 11.3 Å². The van der Waals surface area contributed by atoms with Gasteiger partial charge in [-0.1, -0.05) is 0 Å². The molecule has 0 saturated carbocycles. The number of carboxylic acid groups (broad SMARTS) is 1. The van der Waals surface area contributed by atoms with Crippen LogP contribution in [0.1, 0.15) is 22.9 Å². The van der Waals surface area contributed by atoms with Gasteiger partial charge in [-0.2, -0.15) is 5.10 Å². The van der Waals surface area contributed by atoms with Crippen LogP contribution in [-0.2, 0) is 4.79 Å². The molecule has 0 fully saturated rings. The minimum Gasteiger partial charge on any atom is -0.481 e. The number of hydrogen-bond donors (Lipinski definition) is 3. The van der Waals surface area contributed by atoms with E-state index in [4.69, 9.17) is 10.8 Å². The lowest BCUT2D eigenvalue weighted by Crippen LogP contribution is -2.22. The van der Waals surface area contributed by atoms with E-state index < -0.39 is 11.9 Å². The maximum Gasteiger partial charge on any atom is 0.312 e. The minimum atomic E-state index is -0.907. The van der Waals surface area contributed by atoms with E-state index in [9.17, 15) is 4.79 Å². The first kappa shape index (κ1) is 9.73. The Labute approximate surface area is 75.9 Å². The van der Waals surface area contributed by atoms with Crippen LogP contribution in [0.5, 0.6) is 0 Å². The van der Waals surface area contributed by atoms with E-state index in [0.717, 1.165) is 5.69 Å². The third-order valence-corrected chi connectivity index (χ3v) is 2.07. The third kappa shape index (κ3) is 1.70. The van der Waals surface area contributed by atoms with Gasteiger partial charge >= 0.3 is 5.97 Å². The van der Waals surface area contributed by atoms with Gasteiger partial charge in [0, 0.05) is 17.8 Å². The first-order chi connectivity index (χ1) is 6.07. The van der Waals surface area contributed by atoms with Crippen LogP contribution in [-0.4, -0.2) is 27.8 Å². The average Bonchev–Trinajstić information content (AvgIpc) is 2.36. The molecule has 1 heterocycles. The summed E-state index contributed by atoms with van der Waals surface area (Å²) in [6, 6.07) is 0. The second-order valence-electron chi connectivity index (χ2n) is 2.97. The van der Waals surface area contributed by atoms with Gasteiger partial charge in [0.2, 0.25) is 0 Å². The Bertz CT molecular complexity index is 300. The molecular weight excluding hydrogens is 170 g/mol. The number of aliphatic carboxylic acids is 1. The number of nitrogens with two attached hydrogens (primary N) is 1. The molecule has 0 spiro atoms. The highest BCUT2D eigenvalue weighted by molar-refractivity contribution is 5.77. The van der Waals surface area contributed by atoms with Gasteiger partial charge < -0.3 is 10.8 Å². The number of hydrogen-bond acceptors (Lipinski definition) is 3. The number of aromatic nitrogens is 2. The Morgan fingerprint density at radius 1 is 1.69 bits per heavy atom. The van der Waals surface area contributed by atoms with Crippen molar-refractivity contribution in [2.24, 2.45) is 5.73 Å². The standard InChI is InChI=1S/C8H13N3O2/c1-4-7(5(2)11-10-4)6(3-9)8(12)13/h6H,3,9H2,1-2H3,(H,10,11)(H,12,13). The summed E-state index contributed by atoms with van der Waals surface area (Å²) >= 11 is 0. The minimum absolute atomic E-state index is 0.0938. The second kappa shape index (κ2) is 3.57. The lowest BCUT2D eigenvalue weighted by atomic mass is 9.98. The first-order valence-electron chi connectivity index (χ1n) is 4.02. The fourth-order valence-electron chi connectivity index (χ4n) is 1.42. The molecule has 0 bridgehead atoms. The lowest BCUT2D eigenvalue weighted by Gasteiger charge is -2.09. The third-order valence-electron chi connectivity index (χ3n) is 2.07. The summed E-state index contributed by atoms with van der Waals surface area (Å²) in [5.74, 6) is -1.56. The summed E-state index contributed by atoms with van der Waals surface area (Å²) in [6.45, 7) is 3.65. The lowest BCUT2D eigenvalue weighted by molar-refractivity contribution is -0.138. The zero-order valence-corrected chi connectivity index (χ0v) is 7.66. The first-order valence-corrected chi connectivity index (χ1v) is 4.02. The van der Waals surface area contributed by atoms with E-state index >= 15 is 0 Å². The molecule has 1 aromatic heterocycles. The van der Waals surface area contributed by atoms with Crippen molar-refractivity contribution in [2.45, 2.75) is 19.8 Å². The van der Waals surface area contributed by atoms with Gasteiger partial charge in [0.15, 0.2) is 0 Å². The molecular formula is C8H13N3O2. The molecule has 1 rings (SSSR count). The SMILES string of the molecule is Cc1n[nH]c(C)c1C(CN)C(=O)O. The fraction of sp³-hybridized carbons (Fsp3) is 0.500. The van der Waals surface area contributed by atoms with Crippen molar-refractivity contribution in [3.63, 3.8) is 0 Å². The molecule has 0 aliphatic rings. The predicted molar refractivity (Wildman–Crippen MR) is 47.5 cm³/mol. The number of aromatic amines is 1. The molecule has 1 atom stereocenters. The van der Waals surface area contributed by atoms with Crippen LogP contribution < -0.4 is 5.73 Å². The molecule has 5 nitrogen and oxygen atoms in total. The smallest absolute Gasteiger partial charge is 0.312 e. The number of rotatable bonds is 3. The maximum atomic E-state index is 10.8. The number of nitrogens with one attached hydrogen (secondary N) is 1. The van der Waals surface area contributed by atoms with Gasteiger partial charge in [0.05, 0.1) is 11.6 Å². The van der Waals surface area contributed by atoms with E-state index in [1.54, 1.807) is 13.8 Å². The number of carbonyl (C=O) groups is 1. The fourth-order valence-corrected chi connectivity index (χ4v) is 1.42. The van der Waals surface area contributed by atoms with Crippen LogP contribution in [0, 0.1) is 13.8 Å². The van der Waals surface area contributed by atoms with Crippen LogP contribution in [0.4, 0.5) is 0 Å². The molecule has 5 heteroatoms.